The quantitative estimate of drug-likeness (QED) is 0.745. The highest BCUT2D eigenvalue weighted by Crippen LogP contribution is 2.25. The van der Waals surface area contributed by atoms with Crippen molar-refractivity contribution < 1.29 is 13.2 Å². The van der Waals surface area contributed by atoms with E-state index in [-0.39, 0.29) is 10.8 Å². The van der Waals surface area contributed by atoms with Crippen LogP contribution >= 0.6 is 0 Å². The molecule has 0 saturated carbocycles. The number of nitrogens with one attached hydrogen (secondary N) is 1. The molecule has 2 aromatic rings. The molecule has 1 N–H and O–H groups in total. The number of sulfone groups is 1. The SMILES string of the molecule is CC(C)(C(=O)NCCc1ccccc1)c1ccc(S(=O)(=O)/C=C/C#N)cc1. The zero-order valence-corrected chi connectivity index (χ0v) is 16.2. The van der Waals surface area contributed by atoms with Gasteiger partial charge in [0.1, 0.15) is 0 Å². The summed E-state index contributed by atoms with van der Waals surface area (Å²) in [6, 6.07) is 17.7. The second-order valence-electron chi connectivity index (χ2n) is 6.62. The first-order valence-corrected chi connectivity index (χ1v) is 10.1. The standard InChI is InChI=1S/C21H22N2O3S/c1-21(2,20(24)23-15-13-17-7-4-3-5-8-17)18-9-11-19(12-10-18)27(25,26)16-6-14-22/h3-12,16H,13,15H2,1-2H3,(H,23,24)/b16-6+. The van der Waals surface area contributed by atoms with E-state index in [0.717, 1.165) is 23.5 Å². The van der Waals surface area contributed by atoms with E-state index < -0.39 is 15.3 Å². The van der Waals surface area contributed by atoms with Crippen molar-refractivity contribution in [3.05, 3.63) is 77.2 Å². The molecule has 0 saturated heterocycles. The van der Waals surface area contributed by atoms with Gasteiger partial charge in [-0.05, 0) is 43.5 Å². The normalized spacial score (nSPS) is 11.9. The molecule has 0 bridgehead atoms. The van der Waals surface area contributed by atoms with E-state index in [0.29, 0.717) is 12.1 Å². The number of carbonyl (C=O) groups excluding carboxylic acids is 1. The van der Waals surface area contributed by atoms with Crippen molar-refractivity contribution in [1.82, 2.24) is 5.32 Å². The van der Waals surface area contributed by atoms with Crippen molar-refractivity contribution in [1.29, 1.82) is 5.26 Å². The summed E-state index contributed by atoms with van der Waals surface area (Å²) < 4.78 is 24.1. The lowest BCUT2D eigenvalue weighted by molar-refractivity contribution is -0.125. The van der Waals surface area contributed by atoms with E-state index in [1.807, 2.05) is 30.3 Å². The van der Waals surface area contributed by atoms with Crippen LogP contribution in [0.15, 0.2) is 71.0 Å². The van der Waals surface area contributed by atoms with Crippen molar-refractivity contribution >= 4 is 15.7 Å². The van der Waals surface area contributed by atoms with Crippen molar-refractivity contribution in [3.63, 3.8) is 0 Å². The first-order chi connectivity index (χ1) is 12.8. The molecule has 27 heavy (non-hydrogen) atoms. The van der Waals surface area contributed by atoms with Crippen molar-refractivity contribution in [2.45, 2.75) is 30.6 Å². The molecule has 5 nitrogen and oxygen atoms in total. The van der Waals surface area contributed by atoms with Crippen LogP contribution in [0.4, 0.5) is 0 Å². The lowest BCUT2D eigenvalue weighted by Gasteiger charge is -2.24. The van der Waals surface area contributed by atoms with Gasteiger partial charge < -0.3 is 5.32 Å². The van der Waals surface area contributed by atoms with Gasteiger partial charge in [0.25, 0.3) is 0 Å². The Labute approximate surface area is 160 Å². The topological polar surface area (TPSA) is 87.0 Å². The second-order valence-corrected chi connectivity index (χ2v) is 8.45. The Morgan fingerprint density at radius 3 is 2.33 bits per heavy atom. The molecule has 1 amide bonds. The van der Waals surface area contributed by atoms with Crippen LogP contribution in [0.5, 0.6) is 0 Å². The predicted molar refractivity (Wildman–Crippen MR) is 105 cm³/mol. The van der Waals surface area contributed by atoms with E-state index in [1.165, 1.54) is 12.1 Å². The third kappa shape index (κ3) is 5.28. The first kappa shape index (κ1) is 20.4. The number of nitriles is 1. The largest absolute Gasteiger partial charge is 0.355 e. The fourth-order valence-electron chi connectivity index (χ4n) is 2.58. The average molecular weight is 382 g/mol. The van der Waals surface area contributed by atoms with Crippen LogP contribution in [0, 0.1) is 11.3 Å². The number of carbonyl (C=O) groups is 1. The molecular weight excluding hydrogens is 360 g/mol. The molecule has 6 heteroatoms. The van der Waals surface area contributed by atoms with Crippen molar-refractivity contribution in [2.75, 3.05) is 6.54 Å². The van der Waals surface area contributed by atoms with Gasteiger partial charge in [-0.15, -0.1) is 0 Å². The van der Waals surface area contributed by atoms with Gasteiger partial charge in [0.15, 0.2) is 0 Å². The van der Waals surface area contributed by atoms with E-state index in [2.05, 4.69) is 5.32 Å². The van der Waals surface area contributed by atoms with Crippen LogP contribution in [0.1, 0.15) is 25.0 Å². The maximum atomic E-state index is 12.6. The molecule has 0 atom stereocenters. The number of allylic oxidation sites excluding steroid dienone is 1. The molecule has 2 rings (SSSR count). The van der Waals surface area contributed by atoms with Crippen LogP contribution in [-0.2, 0) is 26.5 Å². The summed E-state index contributed by atoms with van der Waals surface area (Å²) in [6.07, 6.45) is 1.67. The van der Waals surface area contributed by atoms with Gasteiger partial charge in [0, 0.05) is 18.0 Å². The predicted octanol–water partition coefficient (Wildman–Crippen LogP) is 3.13. The van der Waals surface area contributed by atoms with Gasteiger partial charge in [0.05, 0.1) is 16.4 Å². The van der Waals surface area contributed by atoms with Gasteiger partial charge in [-0.1, -0.05) is 42.5 Å². The molecule has 0 heterocycles. The smallest absolute Gasteiger partial charge is 0.230 e. The Morgan fingerprint density at radius 2 is 1.74 bits per heavy atom. The molecule has 0 unspecified atom stereocenters. The third-order valence-corrected chi connectivity index (χ3v) is 5.76. The number of rotatable bonds is 7. The summed E-state index contributed by atoms with van der Waals surface area (Å²) in [7, 11) is -3.65. The van der Waals surface area contributed by atoms with Gasteiger partial charge in [-0.25, -0.2) is 8.42 Å². The number of hydrogen-bond donors (Lipinski definition) is 1. The fraction of sp³-hybridized carbons (Fsp3) is 0.238. The highest BCUT2D eigenvalue weighted by atomic mass is 32.2. The summed E-state index contributed by atoms with van der Waals surface area (Å²) in [4.78, 5) is 12.7. The van der Waals surface area contributed by atoms with Gasteiger partial charge in [-0.3, -0.25) is 4.79 Å². The molecule has 0 aliphatic carbocycles. The summed E-state index contributed by atoms with van der Waals surface area (Å²) in [6.45, 7) is 4.12. The minimum absolute atomic E-state index is 0.0815. The Hall–Kier alpha value is -2.91. The van der Waals surface area contributed by atoms with E-state index in [9.17, 15) is 13.2 Å². The van der Waals surface area contributed by atoms with Crippen LogP contribution in [-0.4, -0.2) is 20.9 Å². The van der Waals surface area contributed by atoms with E-state index in [1.54, 1.807) is 32.0 Å². The van der Waals surface area contributed by atoms with Gasteiger partial charge in [-0.2, -0.15) is 5.26 Å². The molecule has 0 aromatic heterocycles. The number of nitrogens with zero attached hydrogens (tertiary/aromatic N) is 1. The van der Waals surface area contributed by atoms with Crippen LogP contribution < -0.4 is 5.32 Å². The summed E-state index contributed by atoms with van der Waals surface area (Å²) in [5.41, 5.74) is 1.06. The van der Waals surface area contributed by atoms with Crippen LogP contribution in [0.3, 0.4) is 0 Å². The fourth-order valence-corrected chi connectivity index (χ4v) is 3.49. The van der Waals surface area contributed by atoms with Gasteiger partial charge in [0.2, 0.25) is 15.7 Å². The Bertz CT molecular complexity index is 955. The maximum Gasteiger partial charge on any atom is 0.230 e. The summed E-state index contributed by atoms with van der Waals surface area (Å²) in [5, 5.41) is 12.3. The summed E-state index contributed by atoms with van der Waals surface area (Å²) >= 11 is 0. The molecule has 0 aliphatic rings. The number of benzene rings is 2. The molecule has 2 aromatic carbocycles. The number of amides is 1. The second kappa shape index (κ2) is 8.65. The molecular formula is C21H22N2O3S. The maximum absolute atomic E-state index is 12.6. The zero-order valence-electron chi connectivity index (χ0n) is 15.3. The minimum Gasteiger partial charge on any atom is -0.355 e. The highest BCUT2D eigenvalue weighted by molar-refractivity contribution is 7.94. The Kier molecular flexibility index (Phi) is 6.54. The average Bonchev–Trinajstić information content (AvgIpc) is 2.67. The van der Waals surface area contributed by atoms with Crippen LogP contribution in [0.2, 0.25) is 0 Å². The van der Waals surface area contributed by atoms with Gasteiger partial charge >= 0.3 is 0 Å². The Balaban J connectivity index is 2.06. The monoisotopic (exact) mass is 382 g/mol. The lowest BCUT2D eigenvalue weighted by atomic mass is 9.83. The molecule has 0 spiro atoms. The van der Waals surface area contributed by atoms with E-state index >= 15 is 0 Å². The minimum atomic E-state index is -3.65. The van der Waals surface area contributed by atoms with Crippen LogP contribution in [0.25, 0.3) is 0 Å². The third-order valence-electron chi connectivity index (χ3n) is 4.34. The molecule has 0 aliphatic heterocycles. The number of hydrogen-bond acceptors (Lipinski definition) is 4. The molecule has 140 valence electrons. The first-order valence-electron chi connectivity index (χ1n) is 8.51. The van der Waals surface area contributed by atoms with Crippen molar-refractivity contribution in [2.24, 2.45) is 0 Å². The zero-order chi connectivity index (χ0) is 19.9. The summed E-state index contributed by atoms with van der Waals surface area (Å²) in [5.74, 6) is -0.126. The highest BCUT2D eigenvalue weighted by Gasteiger charge is 2.29. The molecule has 0 fully saturated rings. The molecule has 0 radical (unpaired) electrons. The lowest BCUT2D eigenvalue weighted by Crippen LogP contribution is -2.40. The van der Waals surface area contributed by atoms with E-state index in [4.69, 9.17) is 5.26 Å². The van der Waals surface area contributed by atoms with Crippen molar-refractivity contribution in [3.8, 4) is 6.07 Å². The Morgan fingerprint density at radius 1 is 1.11 bits per heavy atom.